The minimum Gasteiger partial charge on any atom is -0.365 e. The molecule has 1 amide bonds. The average molecular weight is 566 g/mol. The van der Waals surface area contributed by atoms with Crippen LogP contribution in [-0.2, 0) is 30.2 Å². The lowest BCUT2D eigenvalue weighted by atomic mass is 9.66. The van der Waals surface area contributed by atoms with E-state index >= 15 is 0 Å². The molecule has 200 valence electrons. The third-order valence-electron chi connectivity index (χ3n) is 8.44. The van der Waals surface area contributed by atoms with E-state index in [0.717, 1.165) is 54.5 Å². The Labute approximate surface area is 221 Å². The van der Waals surface area contributed by atoms with Crippen molar-refractivity contribution >= 4 is 48.7 Å². The van der Waals surface area contributed by atoms with Gasteiger partial charge in [-0.2, -0.15) is 4.31 Å². The minimum atomic E-state index is -3.72. The third-order valence-corrected chi connectivity index (χ3v) is 12.3. The van der Waals surface area contributed by atoms with Gasteiger partial charge in [-0.25, -0.2) is 16.8 Å². The summed E-state index contributed by atoms with van der Waals surface area (Å²) < 4.78 is 59.3. The number of fused-ring (bicyclic) bond motifs is 2. The Balaban J connectivity index is 1.32. The van der Waals surface area contributed by atoms with Crippen molar-refractivity contribution in [2.75, 3.05) is 42.3 Å². The van der Waals surface area contributed by atoms with Gasteiger partial charge in [0.1, 0.15) is 10.9 Å². The van der Waals surface area contributed by atoms with Gasteiger partial charge in [0.05, 0.1) is 11.8 Å². The van der Waals surface area contributed by atoms with Gasteiger partial charge in [0.2, 0.25) is 10.0 Å². The van der Waals surface area contributed by atoms with Gasteiger partial charge >= 0.3 is 0 Å². The van der Waals surface area contributed by atoms with Gasteiger partial charge in [-0.15, -0.1) is 11.3 Å². The maximum atomic E-state index is 13.8. The first-order valence-electron chi connectivity index (χ1n) is 12.6. The Bertz CT molecular complexity index is 1450. The lowest BCUT2D eigenvalue weighted by Gasteiger charge is -2.38. The van der Waals surface area contributed by atoms with Crippen LogP contribution in [0.3, 0.4) is 0 Å². The normalized spacial score (nSPS) is 22.8. The standard InChI is InChI=1S/C25H31N3O6S3/c1-36(30,31)26-19-3-4-21-20(14-19)25(9-7-24(5-6-24)8-10-25)16-28(21)23(29)18-13-22(35-15-18)37(32,33)27-11-2-12-34-17-27/h3-4,13-15,26H,2,5-12,16-17H2,1H3. The predicted octanol–water partition coefficient (Wildman–Crippen LogP) is 3.74. The fourth-order valence-electron chi connectivity index (χ4n) is 6.10. The Morgan fingerprint density at radius 3 is 2.43 bits per heavy atom. The van der Waals surface area contributed by atoms with Gasteiger partial charge in [-0.1, -0.05) is 0 Å². The number of amides is 1. The first kappa shape index (κ1) is 25.3. The fourth-order valence-corrected chi connectivity index (χ4v) is 9.32. The van der Waals surface area contributed by atoms with Crippen LogP contribution in [0.15, 0.2) is 33.9 Å². The number of anilines is 2. The van der Waals surface area contributed by atoms with Crippen molar-refractivity contribution in [3.05, 3.63) is 40.8 Å². The fraction of sp³-hybridized carbons (Fsp3) is 0.560. The van der Waals surface area contributed by atoms with Crippen LogP contribution in [-0.4, -0.2) is 59.7 Å². The zero-order valence-corrected chi connectivity index (χ0v) is 23.2. The Morgan fingerprint density at radius 1 is 1.05 bits per heavy atom. The van der Waals surface area contributed by atoms with E-state index in [9.17, 15) is 21.6 Å². The summed E-state index contributed by atoms with van der Waals surface area (Å²) in [5, 5.41) is 1.62. The first-order valence-corrected chi connectivity index (χ1v) is 16.8. The summed E-state index contributed by atoms with van der Waals surface area (Å²) in [6.45, 7) is 1.48. The van der Waals surface area contributed by atoms with Crippen LogP contribution in [0.25, 0.3) is 0 Å². The van der Waals surface area contributed by atoms with Crippen molar-refractivity contribution in [2.45, 2.75) is 54.6 Å². The molecule has 0 bridgehead atoms. The smallest absolute Gasteiger partial charge is 0.259 e. The largest absolute Gasteiger partial charge is 0.365 e. The van der Waals surface area contributed by atoms with E-state index in [4.69, 9.17) is 4.74 Å². The summed E-state index contributed by atoms with van der Waals surface area (Å²) in [6, 6.07) is 6.85. The van der Waals surface area contributed by atoms with Crippen molar-refractivity contribution in [1.82, 2.24) is 4.31 Å². The van der Waals surface area contributed by atoms with Crippen LogP contribution in [0.1, 0.15) is 60.9 Å². The van der Waals surface area contributed by atoms with Gasteiger partial charge in [0.15, 0.2) is 0 Å². The monoisotopic (exact) mass is 565 g/mol. The van der Waals surface area contributed by atoms with E-state index in [-0.39, 0.29) is 22.3 Å². The molecule has 37 heavy (non-hydrogen) atoms. The Hall–Kier alpha value is -1.99. The van der Waals surface area contributed by atoms with E-state index in [1.165, 1.54) is 23.2 Å². The van der Waals surface area contributed by atoms with Gasteiger partial charge in [-0.05, 0) is 80.2 Å². The number of carbonyl (C=O) groups is 1. The molecule has 9 nitrogen and oxygen atoms in total. The Morgan fingerprint density at radius 2 is 1.78 bits per heavy atom. The number of nitrogens with one attached hydrogen (secondary N) is 1. The zero-order chi connectivity index (χ0) is 26.1. The number of carbonyl (C=O) groups excluding carboxylic acids is 1. The molecule has 1 saturated heterocycles. The molecule has 2 aliphatic heterocycles. The minimum absolute atomic E-state index is 0.0247. The quantitative estimate of drug-likeness (QED) is 0.591. The van der Waals surface area contributed by atoms with Crippen molar-refractivity contribution < 1.29 is 26.4 Å². The predicted molar refractivity (Wildman–Crippen MR) is 142 cm³/mol. The molecule has 1 aromatic heterocycles. The summed E-state index contributed by atoms with van der Waals surface area (Å²) in [4.78, 5) is 15.6. The number of hydrogen-bond donors (Lipinski definition) is 1. The molecule has 3 fully saturated rings. The van der Waals surface area contributed by atoms with Gasteiger partial charge in [-0.3, -0.25) is 9.52 Å². The van der Waals surface area contributed by atoms with Crippen LogP contribution in [0.5, 0.6) is 0 Å². The SMILES string of the molecule is CS(=O)(=O)Nc1ccc2c(c1)C1(CCC3(CC3)CC1)CN2C(=O)c1csc(S(=O)(=O)N2CCCOC2)c1. The number of benzene rings is 1. The molecular formula is C25H31N3O6S3. The number of sulfonamides is 2. The molecule has 6 rings (SSSR count). The van der Waals surface area contributed by atoms with E-state index in [1.807, 2.05) is 12.1 Å². The number of ether oxygens (including phenoxy) is 1. The molecule has 1 N–H and O–H groups in total. The van der Waals surface area contributed by atoms with Crippen molar-refractivity contribution in [2.24, 2.45) is 5.41 Å². The lowest BCUT2D eigenvalue weighted by Crippen LogP contribution is -2.40. The highest BCUT2D eigenvalue weighted by Gasteiger charge is 2.53. The van der Waals surface area contributed by atoms with E-state index < -0.39 is 20.0 Å². The molecule has 0 unspecified atom stereocenters. The van der Waals surface area contributed by atoms with Crippen molar-refractivity contribution in [3.63, 3.8) is 0 Å². The summed E-state index contributed by atoms with van der Waals surface area (Å²) in [5.41, 5.74) is 2.84. The lowest BCUT2D eigenvalue weighted by molar-refractivity contribution is 0.0314. The third kappa shape index (κ3) is 4.60. The highest BCUT2D eigenvalue weighted by Crippen LogP contribution is 2.62. The molecule has 12 heteroatoms. The van der Waals surface area contributed by atoms with Gasteiger partial charge < -0.3 is 9.64 Å². The second-order valence-corrected chi connectivity index (χ2v) is 15.8. The highest BCUT2D eigenvalue weighted by molar-refractivity contribution is 7.92. The summed E-state index contributed by atoms with van der Waals surface area (Å²) in [5.74, 6) is -0.235. The summed E-state index contributed by atoms with van der Waals surface area (Å²) in [6.07, 6.45) is 8.41. The van der Waals surface area contributed by atoms with E-state index in [2.05, 4.69) is 4.72 Å². The van der Waals surface area contributed by atoms with Crippen LogP contribution in [0.4, 0.5) is 11.4 Å². The molecule has 2 saturated carbocycles. The number of hydrogen-bond acceptors (Lipinski definition) is 7. The summed E-state index contributed by atoms with van der Waals surface area (Å²) in [7, 11) is -7.16. The Kier molecular flexibility index (Phi) is 6.00. The maximum Gasteiger partial charge on any atom is 0.259 e. The van der Waals surface area contributed by atoms with Gasteiger partial charge in [0, 0.05) is 41.9 Å². The van der Waals surface area contributed by atoms with E-state index in [0.29, 0.717) is 42.8 Å². The molecular weight excluding hydrogens is 534 g/mol. The van der Waals surface area contributed by atoms with E-state index in [1.54, 1.807) is 16.3 Å². The van der Waals surface area contributed by atoms with Crippen molar-refractivity contribution in [3.8, 4) is 0 Å². The maximum absolute atomic E-state index is 13.8. The molecule has 2 spiro atoms. The second-order valence-electron chi connectivity index (χ2n) is 11.0. The zero-order valence-electron chi connectivity index (χ0n) is 20.7. The number of thiophene rings is 1. The molecule has 0 radical (unpaired) electrons. The average Bonchev–Trinajstić information content (AvgIpc) is 3.31. The number of nitrogens with zero attached hydrogens (tertiary/aromatic N) is 2. The first-order chi connectivity index (χ1) is 17.5. The van der Waals surface area contributed by atoms with Crippen LogP contribution in [0, 0.1) is 5.41 Å². The van der Waals surface area contributed by atoms with Gasteiger partial charge in [0.25, 0.3) is 15.9 Å². The van der Waals surface area contributed by atoms with Crippen LogP contribution < -0.4 is 9.62 Å². The summed E-state index contributed by atoms with van der Waals surface area (Å²) >= 11 is 1.05. The second kappa shape index (κ2) is 8.77. The van der Waals surface area contributed by atoms with Crippen LogP contribution in [0.2, 0.25) is 0 Å². The topological polar surface area (TPSA) is 113 Å². The van der Waals surface area contributed by atoms with Crippen LogP contribution >= 0.6 is 11.3 Å². The molecule has 1 aromatic carbocycles. The molecule has 2 aliphatic carbocycles. The molecule has 0 atom stereocenters. The van der Waals surface area contributed by atoms with Crippen molar-refractivity contribution in [1.29, 1.82) is 0 Å². The highest BCUT2D eigenvalue weighted by atomic mass is 32.2. The molecule has 3 heterocycles. The number of rotatable bonds is 5. The molecule has 2 aromatic rings. The molecule has 4 aliphatic rings.